The van der Waals surface area contributed by atoms with Gasteiger partial charge in [-0.25, -0.2) is 4.79 Å². The van der Waals surface area contributed by atoms with E-state index in [1.165, 1.54) is 5.56 Å². The lowest BCUT2D eigenvalue weighted by molar-refractivity contribution is 0.0957. The molecular weight excluding hydrogens is 430 g/mol. The Kier molecular flexibility index (Phi) is 5.99. The van der Waals surface area contributed by atoms with Gasteiger partial charge in [0.2, 0.25) is 0 Å². The van der Waals surface area contributed by atoms with Crippen molar-refractivity contribution in [2.45, 2.75) is 19.9 Å². The van der Waals surface area contributed by atoms with E-state index in [0.717, 1.165) is 64.4 Å². The van der Waals surface area contributed by atoms with E-state index in [-0.39, 0.29) is 5.63 Å². The molecule has 4 aromatic rings. The van der Waals surface area contributed by atoms with Crippen molar-refractivity contribution in [1.29, 1.82) is 0 Å². The fraction of sp³-hybridized carbons (Fsp3) is 0.250. The molecule has 0 atom stereocenters. The van der Waals surface area contributed by atoms with Crippen molar-refractivity contribution in [3.63, 3.8) is 0 Å². The van der Waals surface area contributed by atoms with Crippen molar-refractivity contribution in [1.82, 2.24) is 4.90 Å². The van der Waals surface area contributed by atoms with E-state index < -0.39 is 0 Å². The van der Waals surface area contributed by atoms with E-state index >= 15 is 0 Å². The van der Waals surface area contributed by atoms with Gasteiger partial charge < -0.3 is 18.6 Å². The molecule has 174 valence electrons. The molecule has 0 bridgehead atoms. The highest BCUT2D eigenvalue weighted by atomic mass is 16.5. The minimum absolute atomic E-state index is 0.379. The third-order valence-corrected chi connectivity index (χ3v) is 6.37. The van der Waals surface area contributed by atoms with Crippen LogP contribution >= 0.6 is 0 Å². The second-order valence-electron chi connectivity index (χ2n) is 8.46. The van der Waals surface area contributed by atoms with Gasteiger partial charge in [-0.3, -0.25) is 4.90 Å². The van der Waals surface area contributed by atoms with E-state index in [2.05, 4.69) is 17.0 Å². The van der Waals surface area contributed by atoms with E-state index in [1.54, 1.807) is 20.3 Å². The summed E-state index contributed by atoms with van der Waals surface area (Å²) in [7, 11) is 3.34. The van der Waals surface area contributed by atoms with E-state index in [1.807, 2.05) is 49.4 Å². The summed E-state index contributed by atoms with van der Waals surface area (Å²) in [4.78, 5) is 14.7. The Balaban J connectivity index is 1.48. The van der Waals surface area contributed by atoms with Crippen molar-refractivity contribution in [3.8, 4) is 28.4 Å². The van der Waals surface area contributed by atoms with Gasteiger partial charge in [0, 0.05) is 35.7 Å². The highest BCUT2D eigenvalue weighted by Crippen LogP contribution is 2.38. The van der Waals surface area contributed by atoms with Crippen LogP contribution in [0.5, 0.6) is 17.2 Å². The van der Waals surface area contributed by atoms with Gasteiger partial charge in [-0.05, 0) is 54.3 Å². The molecule has 0 N–H and O–H groups in total. The molecule has 6 nitrogen and oxygen atoms in total. The lowest BCUT2D eigenvalue weighted by Gasteiger charge is -2.30. The molecule has 0 saturated heterocycles. The molecule has 0 unspecified atom stereocenters. The molecule has 0 spiro atoms. The summed E-state index contributed by atoms with van der Waals surface area (Å²) in [5, 5.41) is 0.899. The molecule has 34 heavy (non-hydrogen) atoms. The van der Waals surface area contributed by atoms with E-state index in [9.17, 15) is 4.79 Å². The molecular formula is C28H27NO5. The average molecular weight is 458 g/mol. The molecule has 1 aliphatic rings. The molecule has 3 aromatic carbocycles. The summed E-state index contributed by atoms with van der Waals surface area (Å²) in [6, 6.07) is 19.4. The van der Waals surface area contributed by atoms with Gasteiger partial charge in [-0.15, -0.1) is 0 Å². The highest BCUT2D eigenvalue weighted by Gasteiger charge is 2.23. The van der Waals surface area contributed by atoms with Gasteiger partial charge in [0.15, 0.2) is 0 Å². The highest BCUT2D eigenvalue weighted by molar-refractivity contribution is 5.96. The minimum Gasteiger partial charge on any atom is -0.497 e. The number of methoxy groups -OCH3 is 2. The second-order valence-corrected chi connectivity index (χ2v) is 8.46. The first-order chi connectivity index (χ1) is 16.6. The predicted octanol–water partition coefficient (Wildman–Crippen LogP) is 5.18. The second kappa shape index (κ2) is 9.23. The standard InChI is InChI=1S/C28H27NO5/c1-18-27-21(16-29(17-33-27)13-12-20-6-4-5-7-25(20)32-3)14-24-23(15-26(30)34-28(18)24)19-8-10-22(31-2)11-9-19/h4-11,14-15H,12-13,16-17H2,1-3H3. The summed E-state index contributed by atoms with van der Waals surface area (Å²) in [5.41, 5.74) is 5.07. The van der Waals surface area contributed by atoms with Gasteiger partial charge >= 0.3 is 5.63 Å². The number of nitrogens with zero attached hydrogens (tertiary/aromatic N) is 1. The van der Waals surface area contributed by atoms with Gasteiger partial charge in [0.05, 0.1) is 14.2 Å². The summed E-state index contributed by atoms with van der Waals surface area (Å²) >= 11 is 0. The zero-order valence-electron chi connectivity index (χ0n) is 19.6. The monoisotopic (exact) mass is 457 g/mol. The van der Waals surface area contributed by atoms with Crippen molar-refractivity contribution in [2.75, 3.05) is 27.5 Å². The van der Waals surface area contributed by atoms with Crippen molar-refractivity contribution in [3.05, 3.63) is 87.8 Å². The molecule has 0 radical (unpaired) electrons. The first-order valence-electron chi connectivity index (χ1n) is 11.3. The molecule has 6 heteroatoms. The Bertz CT molecular complexity index is 1390. The first-order valence-corrected chi connectivity index (χ1v) is 11.3. The van der Waals surface area contributed by atoms with Crippen LogP contribution in [0.1, 0.15) is 16.7 Å². The van der Waals surface area contributed by atoms with Crippen LogP contribution in [0, 0.1) is 6.92 Å². The SMILES string of the molecule is COc1ccc(-c2cc(=O)oc3c(C)c4c(cc23)CN(CCc2ccccc2OC)CO4)cc1. The molecule has 0 fully saturated rings. The summed E-state index contributed by atoms with van der Waals surface area (Å²) in [6.07, 6.45) is 0.862. The fourth-order valence-corrected chi connectivity index (χ4v) is 4.61. The van der Waals surface area contributed by atoms with Gasteiger partial charge in [-0.2, -0.15) is 0 Å². The Morgan fingerprint density at radius 3 is 2.56 bits per heavy atom. The molecule has 0 amide bonds. The van der Waals surface area contributed by atoms with Gasteiger partial charge in [-0.1, -0.05) is 30.3 Å². The molecule has 1 aliphatic heterocycles. The largest absolute Gasteiger partial charge is 0.497 e. The normalized spacial score (nSPS) is 13.4. The summed E-state index contributed by atoms with van der Waals surface area (Å²) in [5.74, 6) is 2.47. The predicted molar refractivity (Wildman–Crippen MR) is 132 cm³/mol. The van der Waals surface area contributed by atoms with Crippen molar-refractivity contribution in [2.24, 2.45) is 0 Å². The number of aryl methyl sites for hydroxylation is 1. The van der Waals surface area contributed by atoms with Crippen LogP contribution < -0.4 is 19.8 Å². The zero-order chi connectivity index (χ0) is 23.7. The minimum atomic E-state index is -0.379. The first kappa shape index (κ1) is 22.0. The maximum Gasteiger partial charge on any atom is 0.336 e. The smallest absolute Gasteiger partial charge is 0.336 e. The summed E-state index contributed by atoms with van der Waals surface area (Å²) < 4.78 is 22.6. The number of para-hydroxylation sites is 1. The Morgan fingerprint density at radius 1 is 1.00 bits per heavy atom. The maximum absolute atomic E-state index is 12.4. The number of hydrogen-bond donors (Lipinski definition) is 0. The lowest BCUT2D eigenvalue weighted by Crippen LogP contribution is -2.34. The number of ether oxygens (including phenoxy) is 3. The number of benzene rings is 3. The van der Waals surface area contributed by atoms with Gasteiger partial charge in [0.25, 0.3) is 0 Å². The summed E-state index contributed by atoms with van der Waals surface area (Å²) in [6.45, 7) is 4.03. The van der Waals surface area contributed by atoms with Gasteiger partial charge in [0.1, 0.15) is 29.6 Å². The Hall–Kier alpha value is -3.77. The molecule has 0 saturated carbocycles. The number of rotatable bonds is 6. The quantitative estimate of drug-likeness (QED) is 0.372. The maximum atomic E-state index is 12.4. The van der Waals surface area contributed by atoms with Crippen molar-refractivity contribution < 1.29 is 18.6 Å². The topological polar surface area (TPSA) is 61.1 Å². The zero-order valence-corrected chi connectivity index (χ0v) is 19.6. The third-order valence-electron chi connectivity index (χ3n) is 6.37. The van der Waals surface area contributed by atoms with Crippen LogP contribution in [0.25, 0.3) is 22.1 Å². The van der Waals surface area contributed by atoms with Crippen LogP contribution in [0.2, 0.25) is 0 Å². The van der Waals surface area contributed by atoms with E-state index in [4.69, 9.17) is 18.6 Å². The molecule has 1 aromatic heterocycles. The van der Waals surface area contributed by atoms with Crippen LogP contribution in [-0.4, -0.2) is 32.4 Å². The third kappa shape index (κ3) is 4.13. The van der Waals surface area contributed by atoms with Crippen LogP contribution in [0.15, 0.2) is 69.9 Å². The lowest BCUT2D eigenvalue weighted by atomic mass is 9.96. The van der Waals surface area contributed by atoms with E-state index in [0.29, 0.717) is 12.3 Å². The number of hydrogen-bond acceptors (Lipinski definition) is 6. The molecule has 5 rings (SSSR count). The van der Waals surface area contributed by atoms with Crippen LogP contribution in [0.3, 0.4) is 0 Å². The average Bonchev–Trinajstić information content (AvgIpc) is 2.88. The fourth-order valence-electron chi connectivity index (χ4n) is 4.61. The van der Waals surface area contributed by atoms with Crippen LogP contribution in [0.4, 0.5) is 0 Å². The Labute approximate surface area is 198 Å². The molecule has 0 aliphatic carbocycles. The Morgan fingerprint density at radius 2 is 1.79 bits per heavy atom. The number of fused-ring (bicyclic) bond motifs is 2. The van der Waals surface area contributed by atoms with Crippen LogP contribution in [-0.2, 0) is 13.0 Å². The van der Waals surface area contributed by atoms with Crippen molar-refractivity contribution >= 4 is 11.0 Å². The molecule has 2 heterocycles.